The SMILES string of the molecule is CCN(Cc1cccs1)C(=O)C1(C)CCCN1. The fourth-order valence-electron chi connectivity index (χ4n) is 2.34. The number of likely N-dealkylation sites (N-methyl/N-ethyl adjacent to an activating group) is 1. The minimum absolute atomic E-state index is 0.242. The van der Waals surface area contributed by atoms with Crippen molar-refractivity contribution in [3.8, 4) is 0 Å². The Morgan fingerprint density at radius 1 is 1.65 bits per heavy atom. The van der Waals surface area contributed by atoms with Crippen molar-refractivity contribution < 1.29 is 4.79 Å². The normalized spacial score (nSPS) is 23.9. The minimum Gasteiger partial charge on any atom is -0.336 e. The van der Waals surface area contributed by atoms with Crippen LogP contribution in [0.5, 0.6) is 0 Å². The van der Waals surface area contributed by atoms with E-state index in [0.717, 1.165) is 32.5 Å². The van der Waals surface area contributed by atoms with Gasteiger partial charge in [0.1, 0.15) is 0 Å². The fourth-order valence-corrected chi connectivity index (χ4v) is 3.06. The highest BCUT2D eigenvalue weighted by atomic mass is 32.1. The number of carbonyl (C=O) groups is 1. The van der Waals surface area contributed by atoms with Crippen molar-refractivity contribution in [3.63, 3.8) is 0 Å². The molecule has 1 unspecified atom stereocenters. The molecular formula is C13H20N2OS. The number of amides is 1. The summed E-state index contributed by atoms with van der Waals surface area (Å²) in [5, 5.41) is 5.40. The van der Waals surface area contributed by atoms with Gasteiger partial charge in [0.25, 0.3) is 0 Å². The van der Waals surface area contributed by atoms with Crippen LogP contribution >= 0.6 is 11.3 Å². The molecule has 4 heteroatoms. The van der Waals surface area contributed by atoms with Gasteiger partial charge in [-0.2, -0.15) is 0 Å². The molecule has 1 saturated heterocycles. The zero-order valence-electron chi connectivity index (χ0n) is 10.5. The molecule has 17 heavy (non-hydrogen) atoms. The molecule has 1 fully saturated rings. The van der Waals surface area contributed by atoms with E-state index in [1.165, 1.54) is 4.88 Å². The van der Waals surface area contributed by atoms with Gasteiger partial charge in [-0.1, -0.05) is 6.07 Å². The predicted octanol–water partition coefficient (Wildman–Crippen LogP) is 2.24. The molecule has 1 amide bonds. The van der Waals surface area contributed by atoms with E-state index in [1.807, 2.05) is 24.8 Å². The van der Waals surface area contributed by atoms with Crippen LogP contribution in [0.4, 0.5) is 0 Å². The molecule has 94 valence electrons. The summed E-state index contributed by atoms with van der Waals surface area (Å²) >= 11 is 1.71. The molecule has 0 radical (unpaired) electrons. The Labute approximate surface area is 107 Å². The lowest BCUT2D eigenvalue weighted by molar-refractivity contribution is -0.137. The Bertz CT molecular complexity index is 369. The van der Waals surface area contributed by atoms with Crippen molar-refractivity contribution >= 4 is 17.2 Å². The first kappa shape index (κ1) is 12.6. The summed E-state index contributed by atoms with van der Waals surface area (Å²) < 4.78 is 0. The molecule has 1 atom stereocenters. The summed E-state index contributed by atoms with van der Waals surface area (Å²) in [6.45, 7) is 6.54. The van der Waals surface area contributed by atoms with Gasteiger partial charge in [-0.15, -0.1) is 11.3 Å². The van der Waals surface area contributed by atoms with Gasteiger partial charge in [0.2, 0.25) is 5.91 Å². The van der Waals surface area contributed by atoms with E-state index in [0.29, 0.717) is 0 Å². The average Bonchev–Trinajstić information content (AvgIpc) is 2.97. The number of nitrogens with one attached hydrogen (secondary N) is 1. The van der Waals surface area contributed by atoms with Crippen LogP contribution in [0.2, 0.25) is 0 Å². The van der Waals surface area contributed by atoms with Crippen molar-refractivity contribution in [2.45, 2.75) is 38.8 Å². The van der Waals surface area contributed by atoms with E-state index in [1.54, 1.807) is 11.3 Å². The topological polar surface area (TPSA) is 32.3 Å². The number of hydrogen-bond donors (Lipinski definition) is 1. The van der Waals surface area contributed by atoms with Gasteiger partial charge >= 0.3 is 0 Å². The molecular weight excluding hydrogens is 232 g/mol. The van der Waals surface area contributed by atoms with Gasteiger partial charge < -0.3 is 10.2 Å². The summed E-state index contributed by atoms with van der Waals surface area (Å²) in [5.41, 5.74) is -0.340. The highest BCUT2D eigenvalue weighted by Gasteiger charge is 2.38. The van der Waals surface area contributed by atoms with E-state index in [-0.39, 0.29) is 11.4 Å². The molecule has 2 rings (SSSR count). The molecule has 3 nitrogen and oxygen atoms in total. The van der Waals surface area contributed by atoms with Crippen molar-refractivity contribution in [1.29, 1.82) is 0 Å². The average molecular weight is 252 g/mol. The Morgan fingerprint density at radius 2 is 2.47 bits per heavy atom. The highest BCUT2D eigenvalue weighted by molar-refractivity contribution is 7.09. The van der Waals surface area contributed by atoms with Crippen LogP contribution in [-0.4, -0.2) is 29.4 Å². The Kier molecular flexibility index (Phi) is 3.84. The van der Waals surface area contributed by atoms with Gasteiger partial charge in [-0.25, -0.2) is 0 Å². The molecule has 1 aromatic heterocycles. The highest BCUT2D eigenvalue weighted by Crippen LogP contribution is 2.23. The zero-order chi connectivity index (χ0) is 12.3. The van der Waals surface area contributed by atoms with Crippen molar-refractivity contribution in [2.75, 3.05) is 13.1 Å². The maximum absolute atomic E-state index is 12.5. The lowest BCUT2D eigenvalue weighted by atomic mass is 9.98. The maximum atomic E-state index is 12.5. The van der Waals surface area contributed by atoms with Crippen LogP contribution in [0.25, 0.3) is 0 Å². The third-order valence-corrected chi connectivity index (χ3v) is 4.30. The van der Waals surface area contributed by atoms with Crippen LogP contribution in [-0.2, 0) is 11.3 Å². The molecule has 0 saturated carbocycles. The van der Waals surface area contributed by atoms with Crippen LogP contribution in [0, 0.1) is 0 Å². The first-order chi connectivity index (χ1) is 8.15. The molecule has 0 aromatic carbocycles. The summed E-state index contributed by atoms with van der Waals surface area (Å²) in [4.78, 5) is 15.7. The lowest BCUT2D eigenvalue weighted by Crippen LogP contribution is -2.52. The van der Waals surface area contributed by atoms with Crippen LogP contribution in [0.3, 0.4) is 0 Å². The Morgan fingerprint density at radius 3 is 3.00 bits per heavy atom. The smallest absolute Gasteiger partial charge is 0.242 e. The third-order valence-electron chi connectivity index (χ3n) is 3.44. The van der Waals surface area contributed by atoms with Crippen LogP contribution in [0.15, 0.2) is 17.5 Å². The second kappa shape index (κ2) is 5.19. The van der Waals surface area contributed by atoms with Gasteiger partial charge in [0, 0.05) is 11.4 Å². The quantitative estimate of drug-likeness (QED) is 0.891. The maximum Gasteiger partial charge on any atom is 0.242 e. The van der Waals surface area contributed by atoms with Crippen molar-refractivity contribution in [2.24, 2.45) is 0 Å². The van der Waals surface area contributed by atoms with Crippen LogP contribution < -0.4 is 5.32 Å². The van der Waals surface area contributed by atoms with Crippen molar-refractivity contribution in [1.82, 2.24) is 10.2 Å². The third kappa shape index (κ3) is 2.69. The van der Waals surface area contributed by atoms with Gasteiger partial charge in [0.15, 0.2) is 0 Å². The van der Waals surface area contributed by atoms with Crippen molar-refractivity contribution in [3.05, 3.63) is 22.4 Å². The summed E-state index contributed by atoms with van der Waals surface area (Å²) in [7, 11) is 0. The summed E-state index contributed by atoms with van der Waals surface area (Å²) in [6.07, 6.45) is 2.05. The molecule has 0 bridgehead atoms. The number of rotatable bonds is 4. The molecule has 2 heterocycles. The summed E-state index contributed by atoms with van der Waals surface area (Å²) in [5.74, 6) is 0.242. The Hall–Kier alpha value is -0.870. The molecule has 0 spiro atoms. The molecule has 1 aliphatic heterocycles. The second-order valence-electron chi connectivity index (χ2n) is 4.76. The van der Waals surface area contributed by atoms with Crippen LogP contribution in [0.1, 0.15) is 31.6 Å². The first-order valence-electron chi connectivity index (χ1n) is 6.22. The van der Waals surface area contributed by atoms with E-state index < -0.39 is 0 Å². The first-order valence-corrected chi connectivity index (χ1v) is 7.10. The van der Waals surface area contributed by atoms with Gasteiger partial charge in [-0.05, 0) is 44.7 Å². The van der Waals surface area contributed by atoms with E-state index in [2.05, 4.69) is 16.8 Å². The number of nitrogens with zero attached hydrogens (tertiary/aromatic N) is 1. The fraction of sp³-hybridized carbons (Fsp3) is 0.615. The van der Waals surface area contributed by atoms with Gasteiger partial charge in [0.05, 0.1) is 12.1 Å². The van der Waals surface area contributed by atoms with E-state index >= 15 is 0 Å². The minimum atomic E-state index is -0.340. The molecule has 1 N–H and O–H groups in total. The molecule has 1 aliphatic rings. The number of carbonyl (C=O) groups excluding carboxylic acids is 1. The molecule has 0 aliphatic carbocycles. The number of thiophene rings is 1. The largest absolute Gasteiger partial charge is 0.336 e. The Balaban J connectivity index is 2.05. The second-order valence-corrected chi connectivity index (χ2v) is 5.79. The predicted molar refractivity (Wildman–Crippen MR) is 71.1 cm³/mol. The van der Waals surface area contributed by atoms with E-state index in [9.17, 15) is 4.79 Å². The zero-order valence-corrected chi connectivity index (χ0v) is 11.3. The van der Waals surface area contributed by atoms with Gasteiger partial charge in [-0.3, -0.25) is 4.79 Å². The monoisotopic (exact) mass is 252 g/mol. The lowest BCUT2D eigenvalue weighted by Gasteiger charge is -2.31. The summed E-state index contributed by atoms with van der Waals surface area (Å²) in [6, 6.07) is 4.12. The van der Waals surface area contributed by atoms with E-state index in [4.69, 9.17) is 0 Å². The standard InChI is InChI=1S/C13H20N2OS/c1-3-15(10-11-6-4-9-17-11)12(16)13(2)7-5-8-14-13/h4,6,9,14H,3,5,7-8,10H2,1-2H3. The molecule has 1 aromatic rings. The number of hydrogen-bond acceptors (Lipinski definition) is 3.